The summed E-state index contributed by atoms with van der Waals surface area (Å²) in [7, 11) is 0. The van der Waals surface area contributed by atoms with Crippen LogP contribution in [-0.2, 0) is 0 Å². The molecular formula is C13H17FN2O. The second-order valence-corrected chi connectivity index (χ2v) is 4.01. The fourth-order valence-electron chi connectivity index (χ4n) is 1.52. The first-order valence-corrected chi connectivity index (χ1v) is 5.23. The molecule has 1 rings (SSSR count). The predicted molar refractivity (Wildman–Crippen MR) is 67.4 cm³/mol. The molecule has 0 amide bonds. The van der Waals surface area contributed by atoms with Crippen LogP contribution in [0.3, 0.4) is 0 Å². The Morgan fingerprint density at radius 3 is 2.24 bits per heavy atom. The van der Waals surface area contributed by atoms with Crippen LogP contribution in [0, 0.1) is 5.82 Å². The summed E-state index contributed by atoms with van der Waals surface area (Å²) < 4.78 is 12.9. The van der Waals surface area contributed by atoms with E-state index in [1.807, 2.05) is 6.92 Å². The highest BCUT2D eigenvalue weighted by molar-refractivity contribution is 5.74. The number of phenols is 1. The van der Waals surface area contributed by atoms with Gasteiger partial charge in [-0.3, -0.25) is 0 Å². The van der Waals surface area contributed by atoms with Crippen LogP contribution in [0.2, 0.25) is 0 Å². The standard InChI is InChI=1S/C13H17FN2O/c1-7(8(2)13(16)9(3)15)11-5-4-10(14)6-12(11)17/h4-6,17H,15-16H2,1-3H3/b8-7+,13-9+. The molecule has 0 fully saturated rings. The molecule has 3 nitrogen and oxygen atoms in total. The van der Waals surface area contributed by atoms with E-state index in [-0.39, 0.29) is 5.75 Å². The van der Waals surface area contributed by atoms with Crippen LogP contribution in [-0.4, -0.2) is 5.11 Å². The van der Waals surface area contributed by atoms with Crippen LogP contribution in [0.15, 0.2) is 35.2 Å². The number of aromatic hydroxyl groups is 1. The lowest BCUT2D eigenvalue weighted by molar-refractivity contribution is 0.467. The first-order chi connectivity index (χ1) is 7.84. The Balaban J connectivity index is 3.34. The Bertz CT molecular complexity index is 500. The van der Waals surface area contributed by atoms with E-state index in [1.165, 1.54) is 12.1 Å². The van der Waals surface area contributed by atoms with Gasteiger partial charge in [0.25, 0.3) is 0 Å². The average Bonchev–Trinajstić information content (AvgIpc) is 2.26. The maximum atomic E-state index is 12.9. The first-order valence-electron chi connectivity index (χ1n) is 5.23. The fraction of sp³-hybridized carbons (Fsp3) is 0.231. The van der Waals surface area contributed by atoms with Crippen molar-refractivity contribution in [3.05, 3.63) is 46.5 Å². The van der Waals surface area contributed by atoms with Gasteiger partial charge in [0.1, 0.15) is 11.6 Å². The summed E-state index contributed by atoms with van der Waals surface area (Å²) >= 11 is 0. The van der Waals surface area contributed by atoms with Crippen molar-refractivity contribution >= 4 is 5.57 Å². The second-order valence-electron chi connectivity index (χ2n) is 4.01. The van der Waals surface area contributed by atoms with E-state index in [1.54, 1.807) is 13.8 Å². The lowest BCUT2D eigenvalue weighted by Gasteiger charge is -2.11. The molecule has 0 atom stereocenters. The molecule has 0 aromatic heterocycles. The van der Waals surface area contributed by atoms with E-state index in [2.05, 4.69) is 0 Å². The van der Waals surface area contributed by atoms with Gasteiger partial charge in [0.05, 0.1) is 5.70 Å². The van der Waals surface area contributed by atoms with Crippen LogP contribution in [0.4, 0.5) is 4.39 Å². The zero-order valence-corrected chi connectivity index (χ0v) is 10.2. The maximum absolute atomic E-state index is 12.9. The summed E-state index contributed by atoms with van der Waals surface area (Å²) in [6.45, 7) is 5.32. The van der Waals surface area contributed by atoms with Crippen molar-refractivity contribution in [1.29, 1.82) is 0 Å². The SMILES string of the molecule is C/C(N)=C(N)/C(C)=C(\C)c1ccc(F)cc1O. The summed E-state index contributed by atoms with van der Waals surface area (Å²) in [6.07, 6.45) is 0. The molecule has 92 valence electrons. The molecule has 0 saturated heterocycles. The average molecular weight is 236 g/mol. The van der Waals surface area contributed by atoms with E-state index >= 15 is 0 Å². The lowest BCUT2D eigenvalue weighted by atomic mass is 9.99. The van der Waals surface area contributed by atoms with E-state index in [0.717, 1.165) is 17.2 Å². The lowest BCUT2D eigenvalue weighted by Crippen LogP contribution is -2.09. The Labute approximate surface area is 100 Å². The van der Waals surface area contributed by atoms with Gasteiger partial charge in [0, 0.05) is 17.3 Å². The summed E-state index contributed by atoms with van der Waals surface area (Å²) in [4.78, 5) is 0. The summed E-state index contributed by atoms with van der Waals surface area (Å²) in [5.41, 5.74) is 14.5. The van der Waals surface area contributed by atoms with Gasteiger partial charge in [-0.1, -0.05) is 0 Å². The number of hydrogen-bond donors (Lipinski definition) is 3. The molecule has 0 aliphatic carbocycles. The normalized spacial score (nSPS) is 14.1. The van der Waals surface area contributed by atoms with Gasteiger partial charge in [0.2, 0.25) is 0 Å². The third-order valence-corrected chi connectivity index (χ3v) is 2.76. The molecule has 0 heterocycles. The number of benzene rings is 1. The van der Waals surface area contributed by atoms with Crippen LogP contribution in [0.1, 0.15) is 26.3 Å². The van der Waals surface area contributed by atoms with Gasteiger partial charge in [-0.05, 0) is 44.1 Å². The van der Waals surface area contributed by atoms with Gasteiger partial charge in [-0.25, -0.2) is 4.39 Å². The quantitative estimate of drug-likeness (QED) is 0.691. The molecule has 0 unspecified atom stereocenters. The molecule has 1 aromatic rings. The number of halogens is 1. The highest BCUT2D eigenvalue weighted by atomic mass is 19.1. The van der Waals surface area contributed by atoms with E-state index < -0.39 is 5.82 Å². The summed E-state index contributed by atoms with van der Waals surface area (Å²) in [5.74, 6) is -0.584. The van der Waals surface area contributed by atoms with Crippen molar-refractivity contribution in [3.8, 4) is 5.75 Å². The Kier molecular flexibility index (Phi) is 3.78. The molecular weight excluding hydrogens is 219 g/mol. The van der Waals surface area contributed by atoms with Gasteiger partial charge in [-0.2, -0.15) is 0 Å². The third-order valence-electron chi connectivity index (χ3n) is 2.76. The third kappa shape index (κ3) is 2.78. The van der Waals surface area contributed by atoms with E-state index in [9.17, 15) is 9.50 Å². The number of hydrogen-bond acceptors (Lipinski definition) is 3. The molecule has 5 N–H and O–H groups in total. The van der Waals surface area contributed by atoms with Crippen LogP contribution in [0.5, 0.6) is 5.75 Å². The van der Waals surface area contributed by atoms with Gasteiger partial charge < -0.3 is 16.6 Å². The van der Waals surface area contributed by atoms with Gasteiger partial charge in [0.15, 0.2) is 0 Å². The smallest absolute Gasteiger partial charge is 0.126 e. The van der Waals surface area contributed by atoms with Crippen LogP contribution >= 0.6 is 0 Å². The van der Waals surface area contributed by atoms with E-state index in [0.29, 0.717) is 17.0 Å². The largest absolute Gasteiger partial charge is 0.507 e. The molecule has 0 aliphatic heterocycles. The topological polar surface area (TPSA) is 72.3 Å². The molecule has 0 aliphatic rings. The van der Waals surface area contributed by atoms with Crippen molar-refractivity contribution in [3.63, 3.8) is 0 Å². The Morgan fingerprint density at radius 1 is 1.18 bits per heavy atom. The molecule has 17 heavy (non-hydrogen) atoms. The molecule has 1 aromatic carbocycles. The zero-order valence-electron chi connectivity index (χ0n) is 10.2. The van der Waals surface area contributed by atoms with Crippen molar-refractivity contribution in [2.24, 2.45) is 11.5 Å². The number of phenolic OH excluding ortho intramolecular Hbond substituents is 1. The number of allylic oxidation sites excluding steroid dienone is 3. The number of rotatable bonds is 2. The maximum Gasteiger partial charge on any atom is 0.126 e. The van der Waals surface area contributed by atoms with Crippen molar-refractivity contribution in [1.82, 2.24) is 0 Å². The second kappa shape index (κ2) is 4.91. The monoisotopic (exact) mass is 236 g/mol. The predicted octanol–water partition coefficient (Wildman–Crippen LogP) is 2.47. The molecule has 0 radical (unpaired) electrons. The molecule has 0 bridgehead atoms. The first kappa shape index (κ1) is 13.1. The minimum atomic E-state index is -0.477. The summed E-state index contributed by atoms with van der Waals surface area (Å²) in [6, 6.07) is 3.88. The van der Waals surface area contributed by atoms with Crippen molar-refractivity contribution in [2.75, 3.05) is 0 Å². The van der Waals surface area contributed by atoms with Crippen LogP contribution < -0.4 is 11.5 Å². The fourth-order valence-corrected chi connectivity index (χ4v) is 1.52. The minimum absolute atomic E-state index is 0.107. The van der Waals surface area contributed by atoms with Crippen molar-refractivity contribution < 1.29 is 9.50 Å². The summed E-state index contributed by atoms with van der Waals surface area (Å²) in [5, 5.41) is 9.67. The van der Waals surface area contributed by atoms with E-state index in [4.69, 9.17) is 11.5 Å². The molecule has 0 saturated carbocycles. The number of nitrogens with two attached hydrogens (primary N) is 2. The highest BCUT2D eigenvalue weighted by Crippen LogP contribution is 2.29. The van der Waals surface area contributed by atoms with Crippen molar-refractivity contribution in [2.45, 2.75) is 20.8 Å². The Hall–Kier alpha value is -1.97. The zero-order chi connectivity index (χ0) is 13.2. The molecule has 4 heteroatoms. The van der Waals surface area contributed by atoms with Crippen LogP contribution in [0.25, 0.3) is 5.57 Å². The molecule has 0 spiro atoms. The van der Waals surface area contributed by atoms with Gasteiger partial charge in [-0.15, -0.1) is 0 Å². The van der Waals surface area contributed by atoms with Gasteiger partial charge >= 0.3 is 0 Å². The highest BCUT2D eigenvalue weighted by Gasteiger charge is 2.09. The minimum Gasteiger partial charge on any atom is -0.507 e. The Morgan fingerprint density at radius 2 is 1.76 bits per heavy atom.